The Morgan fingerprint density at radius 2 is 1.65 bits per heavy atom. The molecule has 0 unspecified atom stereocenters. The van der Waals surface area contributed by atoms with Crippen LogP contribution in [0.1, 0.15) is 23.2 Å². The zero-order valence-corrected chi connectivity index (χ0v) is 16.9. The van der Waals surface area contributed by atoms with E-state index in [9.17, 15) is 14.4 Å². The van der Waals surface area contributed by atoms with E-state index >= 15 is 0 Å². The molecule has 31 heavy (non-hydrogen) atoms. The summed E-state index contributed by atoms with van der Waals surface area (Å²) in [4.78, 5) is 43.9. The monoisotopic (exact) mass is 418 g/mol. The van der Waals surface area contributed by atoms with Gasteiger partial charge in [0.25, 0.3) is 0 Å². The third kappa shape index (κ3) is 2.66. The molecule has 158 valence electrons. The topological polar surface area (TPSA) is 76.1 Å². The van der Waals surface area contributed by atoms with Gasteiger partial charge in [-0.25, -0.2) is 4.90 Å². The van der Waals surface area contributed by atoms with Crippen molar-refractivity contribution in [2.24, 2.45) is 11.8 Å². The third-order valence-corrected chi connectivity index (χ3v) is 6.96. The van der Waals surface area contributed by atoms with Gasteiger partial charge in [-0.1, -0.05) is 30.3 Å². The molecule has 3 saturated heterocycles. The summed E-state index contributed by atoms with van der Waals surface area (Å²) in [6.07, 6.45) is 1.76. The van der Waals surface area contributed by atoms with Crippen LogP contribution in [0.5, 0.6) is 11.5 Å². The third-order valence-electron chi connectivity index (χ3n) is 6.96. The molecule has 0 aromatic heterocycles. The first kappa shape index (κ1) is 18.6. The minimum Gasteiger partial charge on any atom is -0.486 e. The molecule has 0 N–H and O–H groups in total. The molecule has 0 aliphatic carbocycles. The first-order chi connectivity index (χ1) is 15.1. The highest BCUT2D eigenvalue weighted by molar-refractivity contribution is 6.24. The van der Waals surface area contributed by atoms with Gasteiger partial charge in [0.05, 0.1) is 23.6 Å². The number of nitrogens with zero attached hydrogens (tertiary/aromatic N) is 2. The summed E-state index contributed by atoms with van der Waals surface area (Å²) in [5.41, 5.74) is 1.06. The van der Waals surface area contributed by atoms with E-state index in [1.807, 2.05) is 18.2 Å². The standard InChI is InChI=1S/C24H22N2O5/c27-22(14-5-2-1-3-6-14)21-20-19(16-7-4-10-25(16)21)23(28)26(24(20)29)15-8-9-17-18(13-15)31-12-11-30-17/h1-3,5-6,8-9,13,16,19-21H,4,7,10-12H2/t16-,19-,20+,21+/m1/s1. The van der Waals surface area contributed by atoms with Crippen molar-refractivity contribution in [3.05, 3.63) is 54.1 Å². The fourth-order valence-electron chi connectivity index (χ4n) is 5.71. The van der Waals surface area contributed by atoms with Crippen LogP contribution in [0.2, 0.25) is 0 Å². The summed E-state index contributed by atoms with van der Waals surface area (Å²) in [7, 11) is 0. The maximum Gasteiger partial charge on any atom is 0.239 e. The number of benzene rings is 2. The Kier molecular flexibility index (Phi) is 4.14. The highest BCUT2D eigenvalue weighted by Gasteiger charge is 2.64. The molecule has 4 heterocycles. The van der Waals surface area contributed by atoms with E-state index < -0.39 is 17.9 Å². The van der Waals surface area contributed by atoms with Gasteiger partial charge in [0, 0.05) is 17.7 Å². The molecule has 2 aromatic carbocycles. The van der Waals surface area contributed by atoms with E-state index in [1.54, 1.807) is 30.3 Å². The molecule has 6 rings (SSSR count). The second kappa shape index (κ2) is 6.92. The Labute approximate surface area is 179 Å². The number of Topliss-reactive ketones (excluding diaryl/α,β-unsaturated/α-hetero) is 1. The summed E-state index contributed by atoms with van der Waals surface area (Å²) in [6.45, 7) is 1.64. The number of anilines is 1. The van der Waals surface area contributed by atoms with Gasteiger partial charge in [-0.3, -0.25) is 19.3 Å². The van der Waals surface area contributed by atoms with Crippen LogP contribution in [0, 0.1) is 11.8 Å². The van der Waals surface area contributed by atoms with E-state index in [-0.39, 0.29) is 23.6 Å². The van der Waals surface area contributed by atoms with Gasteiger partial charge in [0.1, 0.15) is 13.2 Å². The molecule has 4 aliphatic heterocycles. The van der Waals surface area contributed by atoms with Crippen molar-refractivity contribution in [1.29, 1.82) is 0 Å². The second-order valence-electron chi connectivity index (χ2n) is 8.51. The maximum atomic E-state index is 13.6. The molecule has 7 heteroatoms. The lowest BCUT2D eigenvalue weighted by Gasteiger charge is -2.28. The molecule has 2 aromatic rings. The molecule has 4 atom stereocenters. The van der Waals surface area contributed by atoms with Gasteiger partial charge in [-0.05, 0) is 31.5 Å². The van der Waals surface area contributed by atoms with Gasteiger partial charge < -0.3 is 9.47 Å². The summed E-state index contributed by atoms with van der Waals surface area (Å²) in [5.74, 6) is -0.596. The van der Waals surface area contributed by atoms with Crippen molar-refractivity contribution in [2.45, 2.75) is 24.9 Å². The predicted octanol–water partition coefficient (Wildman–Crippen LogP) is 2.29. The fraction of sp³-hybridized carbons (Fsp3) is 0.375. The largest absolute Gasteiger partial charge is 0.486 e. The molecular weight excluding hydrogens is 396 g/mol. The van der Waals surface area contributed by atoms with Crippen molar-refractivity contribution in [3.8, 4) is 11.5 Å². The number of ether oxygens (including phenoxy) is 2. The number of rotatable bonds is 3. The fourth-order valence-corrected chi connectivity index (χ4v) is 5.71. The predicted molar refractivity (Wildman–Crippen MR) is 111 cm³/mol. The van der Waals surface area contributed by atoms with Gasteiger partial charge in [0.2, 0.25) is 11.8 Å². The average molecular weight is 418 g/mol. The average Bonchev–Trinajstić information content (AvgIpc) is 3.45. The summed E-state index contributed by atoms with van der Waals surface area (Å²) < 4.78 is 11.2. The number of amides is 2. The number of carbonyl (C=O) groups is 3. The molecule has 0 spiro atoms. The van der Waals surface area contributed by atoms with E-state index in [2.05, 4.69) is 4.90 Å². The number of hydrogen-bond donors (Lipinski definition) is 0. The van der Waals surface area contributed by atoms with Crippen LogP contribution in [0.3, 0.4) is 0 Å². The summed E-state index contributed by atoms with van der Waals surface area (Å²) >= 11 is 0. The number of fused-ring (bicyclic) bond motifs is 4. The Morgan fingerprint density at radius 1 is 0.903 bits per heavy atom. The van der Waals surface area contributed by atoms with Crippen LogP contribution < -0.4 is 14.4 Å². The van der Waals surface area contributed by atoms with Crippen molar-refractivity contribution in [3.63, 3.8) is 0 Å². The van der Waals surface area contributed by atoms with Crippen LogP contribution >= 0.6 is 0 Å². The first-order valence-electron chi connectivity index (χ1n) is 10.8. The lowest BCUT2D eigenvalue weighted by molar-refractivity contribution is -0.123. The molecule has 4 aliphatic rings. The molecule has 7 nitrogen and oxygen atoms in total. The normalized spacial score (nSPS) is 29.2. The number of ketones is 1. The molecular formula is C24H22N2O5. The number of imide groups is 1. The van der Waals surface area contributed by atoms with E-state index in [0.29, 0.717) is 36.0 Å². The quantitative estimate of drug-likeness (QED) is 0.562. The summed E-state index contributed by atoms with van der Waals surface area (Å²) in [5, 5.41) is 0. The van der Waals surface area contributed by atoms with E-state index in [0.717, 1.165) is 19.4 Å². The first-order valence-corrected chi connectivity index (χ1v) is 10.8. The lowest BCUT2D eigenvalue weighted by Crippen LogP contribution is -2.46. The molecule has 0 saturated carbocycles. The number of carbonyl (C=O) groups excluding carboxylic acids is 3. The SMILES string of the molecule is O=C(c1ccccc1)[C@@H]1[C@H]2C(=O)N(c3ccc4c(c3)OCCO4)C(=O)[C@@H]2[C@H]2CCCN21. The van der Waals surface area contributed by atoms with Crippen molar-refractivity contribution < 1.29 is 23.9 Å². The van der Waals surface area contributed by atoms with Gasteiger partial charge in [-0.15, -0.1) is 0 Å². The van der Waals surface area contributed by atoms with Crippen LogP contribution in [-0.2, 0) is 9.59 Å². The zero-order chi connectivity index (χ0) is 21.1. The van der Waals surface area contributed by atoms with Crippen LogP contribution in [0.4, 0.5) is 5.69 Å². The van der Waals surface area contributed by atoms with E-state index in [1.165, 1.54) is 4.90 Å². The van der Waals surface area contributed by atoms with Gasteiger partial charge in [0.15, 0.2) is 17.3 Å². The van der Waals surface area contributed by atoms with Gasteiger partial charge in [-0.2, -0.15) is 0 Å². The Balaban J connectivity index is 1.39. The molecule has 2 amide bonds. The Bertz CT molecular complexity index is 1080. The maximum absolute atomic E-state index is 13.6. The molecule has 0 bridgehead atoms. The molecule has 0 radical (unpaired) electrons. The van der Waals surface area contributed by atoms with Gasteiger partial charge >= 0.3 is 0 Å². The highest BCUT2D eigenvalue weighted by atomic mass is 16.6. The van der Waals surface area contributed by atoms with Crippen LogP contribution in [0.15, 0.2) is 48.5 Å². The Hall–Kier alpha value is -3.19. The minimum absolute atomic E-state index is 0.0682. The van der Waals surface area contributed by atoms with Crippen LogP contribution in [-0.4, -0.2) is 54.3 Å². The smallest absolute Gasteiger partial charge is 0.239 e. The van der Waals surface area contributed by atoms with Crippen molar-refractivity contribution in [2.75, 3.05) is 24.7 Å². The highest BCUT2D eigenvalue weighted by Crippen LogP contribution is 2.49. The second-order valence-corrected chi connectivity index (χ2v) is 8.51. The summed E-state index contributed by atoms with van der Waals surface area (Å²) in [6, 6.07) is 13.5. The molecule has 3 fully saturated rings. The Morgan fingerprint density at radius 3 is 2.45 bits per heavy atom. The number of hydrogen-bond acceptors (Lipinski definition) is 6. The van der Waals surface area contributed by atoms with Crippen molar-refractivity contribution >= 4 is 23.3 Å². The lowest BCUT2D eigenvalue weighted by atomic mass is 9.85. The zero-order valence-electron chi connectivity index (χ0n) is 16.9. The van der Waals surface area contributed by atoms with Crippen molar-refractivity contribution in [1.82, 2.24) is 4.90 Å². The minimum atomic E-state index is -0.654. The van der Waals surface area contributed by atoms with E-state index in [4.69, 9.17) is 9.47 Å². The van der Waals surface area contributed by atoms with Crippen LogP contribution in [0.25, 0.3) is 0 Å².